The molecular weight excluding hydrogens is 340 g/mol. The first-order chi connectivity index (χ1) is 12.1. The number of hydroxylamine groups is 1. The molecule has 0 spiro atoms. The standard InChI is InChI=1S/C19H17ClN2O3/c20-16-7-3-13(4-8-16)2-1-10-22-11-9-14-5-6-15(18(23)21-25)12-17(14)19(22)24/h3-9,11-12,25H,1-2,10H2,(H,21,23). The van der Waals surface area contributed by atoms with Crippen LogP contribution in [0.3, 0.4) is 0 Å². The Morgan fingerprint density at radius 2 is 1.88 bits per heavy atom. The van der Waals surface area contributed by atoms with Gasteiger partial charge in [-0.2, -0.15) is 0 Å². The molecule has 25 heavy (non-hydrogen) atoms. The van der Waals surface area contributed by atoms with Gasteiger partial charge in [0.05, 0.1) is 0 Å². The van der Waals surface area contributed by atoms with Crippen molar-refractivity contribution in [1.82, 2.24) is 10.0 Å². The van der Waals surface area contributed by atoms with Crippen LogP contribution >= 0.6 is 11.6 Å². The number of nitrogens with zero attached hydrogens (tertiary/aromatic N) is 1. The zero-order valence-corrected chi connectivity index (χ0v) is 14.2. The van der Waals surface area contributed by atoms with Crippen molar-refractivity contribution >= 4 is 28.3 Å². The van der Waals surface area contributed by atoms with Gasteiger partial charge in [0.2, 0.25) is 0 Å². The molecule has 1 heterocycles. The number of amides is 1. The lowest BCUT2D eigenvalue weighted by molar-refractivity contribution is 0.0706. The van der Waals surface area contributed by atoms with Crippen molar-refractivity contribution in [3.8, 4) is 0 Å². The Morgan fingerprint density at radius 1 is 1.12 bits per heavy atom. The minimum Gasteiger partial charge on any atom is -0.315 e. The summed E-state index contributed by atoms with van der Waals surface area (Å²) in [6, 6.07) is 14.3. The van der Waals surface area contributed by atoms with Gasteiger partial charge in [0.15, 0.2) is 0 Å². The largest absolute Gasteiger partial charge is 0.315 e. The lowest BCUT2D eigenvalue weighted by Crippen LogP contribution is -2.22. The molecule has 5 nitrogen and oxygen atoms in total. The molecule has 0 bridgehead atoms. The first kappa shape index (κ1) is 17.2. The van der Waals surface area contributed by atoms with Gasteiger partial charge in [0.1, 0.15) is 0 Å². The lowest BCUT2D eigenvalue weighted by atomic mass is 10.1. The van der Waals surface area contributed by atoms with E-state index in [2.05, 4.69) is 0 Å². The van der Waals surface area contributed by atoms with Gasteiger partial charge >= 0.3 is 0 Å². The average Bonchev–Trinajstić information content (AvgIpc) is 2.64. The van der Waals surface area contributed by atoms with Crippen LogP contribution < -0.4 is 11.0 Å². The predicted molar refractivity (Wildman–Crippen MR) is 97.2 cm³/mol. The van der Waals surface area contributed by atoms with E-state index in [4.69, 9.17) is 16.8 Å². The molecule has 0 aliphatic rings. The Morgan fingerprint density at radius 3 is 2.60 bits per heavy atom. The van der Waals surface area contributed by atoms with Crippen LogP contribution in [-0.4, -0.2) is 15.7 Å². The van der Waals surface area contributed by atoms with Crippen LogP contribution in [0.4, 0.5) is 0 Å². The molecule has 3 rings (SSSR count). The minimum absolute atomic E-state index is 0.152. The molecule has 6 heteroatoms. The van der Waals surface area contributed by atoms with E-state index in [1.54, 1.807) is 28.4 Å². The molecule has 2 N–H and O–H groups in total. The number of carbonyl (C=O) groups excluding carboxylic acids is 1. The second-order valence-electron chi connectivity index (χ2n) is 5.79. The van der Waals surface area contributed by atoms with Gasteiger partial charge in [-0.3, -0.25) is 14.8 Å². The average molecular weight is 357 g/mol. The molecule has 128 valence electrons. The smallest absolute Gasteiger partial charge is 0.274 e. The molecule has 1 aromatic heterocycles. The Bertz CT molecular complexity index is 965. The number of nitrogens with one attached hydrogen (secondary N) is 1. The maximum absolute atomic E-state index is 12.6. The third kappa shape index (κ3) is 3.90. The lowest BCUT2D eigenvalue weighted by Gasteiger charge is -2.08. The normalized spacial score (nSPS) is 10.8. The van der Waals surface area contributed by atoms with Crippen LogP contribution in [0.1, 0.15) is 22.3 Å². The fourth-order valence-corrected chi connectivity index (χ4v) is 2.89. The van der Waals surface area contributed by atoms with Crippen molar-refractivity contribution in [3.63, 3.8) is 0 Å². The summed E-state index contributed by atoms with van der Waals surface area (Å²) in [7, 11) is 0. The van der Waals surface area contributed by atoms with Crippen LogP contribution in [0.25, 0.3) is 10.8 Å². The van der Waals surface area contributed by atoms with Gasteiger partial charge in [0, 0.05) is 28.7 Å². The number of pyridine rings is 1. The Balaban J connectivity index is 1.79. The monoisotopic (exact) mass is 356 g/mol. The van der Waals surface area contributed by atoms with Crippen molar-refractivity contribution in [2.24, 2.45) is 0 Å². The van der Waals surface area contributed by atoms with Gasteiger partial charge in [0.25, 0.3) is 11.5 Å². The summed E-state index contributed by atoms with van der Waals surface area (Å²) < 4.78 is 1.64. The number of carbonyl (C=O) groups is 1. The topological polar surface area (TPSA) is 71.3 Å². The number of benzene rings is 2. The molecule has 1 amide bonds. The van der Waals surface area contributed by atoms with E-state index in [-0.39, 0.29) is 11.1 Å². The number of fused-ring (bicyclic) bond motifs is 1. The molecule has 0 unspecified atom stereocenters. The van der Waals surface area contributed by atoms with E-state index in [0.717, 1.165) is 18.2 Å². The highest BCUT2D eigenvalue weighted by Crippen LogP contribution is 2.14. The third-order valence-corrected chi connectivity index (χ3v) is 4.37. The number of aromatic nitrogens is 1. The highest BCUT2D eigenvalue weighted by Gasteiger charge is 2.08. The van der Waals surface area contributed by atoms with Gasteiger partial charge in [-0.25, -0.2) is 5.48 Å². The molecule has 0 radical (unpaired) electrons. The number of aryl methyl sites for hydroxylation is 2. The molecule has 0 fully saturated rings. The second kappa shape index (κ2) is 7.51. The Labute approximate surface area is 149 Å². The number of halogens is 1. The summed E-state index contributed by atoms with van der Waals surface area (Å²) in [6.07, 6.45) is 3.41. The van der Waals surface area contributed by atoms with Crippen molar-refractivity contribution in [2.75, 3.05) is 0 Å². The third-order valence-electron chi connectivity index (χ3n) is 4.12. The fraction of sp³-hybridized carbons (Fsp3) is 0.158. The zero-order chi connectivity index (χ0) is 17.8. The van der Waals surface area contributed by atoms with Gasteiger partial charge in [-0.1, -0.05) is 29.8 Å². The van der Waals surface area contributed by atoms with Crippen molar-refractivity contribution in [2.45, 2.75) is 19.4 Å². The SMILES string of the molecule is O=C(NO)c1ccc2ccn(CCCc3ccc(Cl)cc3)c(=O)c2c1. The first-order valence-corrected chi connectivity index (χ1v) is 8.28. The summed E-state index contributed by atoms with van der Waals surface area (Å²) in [5, 5.41) is 10.7. The summed E-state index contributed by atoms with van der Waals surface area (Å²) in [5.74, 6) is -0.639. The number of rotatable bonds is 5. The molecular formula is C19H17ClN2O3. The van der Waals surface area contributed by atoms with E-state index >= 15 is 0 Å². The number of hydrogen-bond donors (Lipinski definition) is 2. The van der Waals surface area contributed by atoms with Crippen molar-refractivity contribution in [3.05, 3.63) is 81.2 Å². The maximum atomic E-state index is 12.6. The summed E-state index contributed by atoms with van der Waals surface area (Å²) in [4.78, 5) is 24.2. The zero-order valence-electron chi connectivity index (χ0n) is 13.4. The molecule has 0 saturated heterocycles. The minimum atomic E-state index is -0.639. The molecule has 3 aromatic rings. The summed E-state index contributed by atoms with van der Waals surface area (Å²) in [5.41, 5.74) is 2.84. The van der Waals surface area contributed by atoms with Gasteiger partial charge < -0.3 is 4.57 Å². The highest BCUT2D eigenvalue weighted by molar-refractivity contribution is 6.30. The van der Waals surface area contributed by atoms with E-state index < -0.39 is 5.91 Å². The predicted octanol–water partition coefficient (Wildman–Crippen LogP) is 3.41. The van der Waals surface area contributed by atoms with Gasteiger partial charge in [-0.15, -0.1) is 0 Å². The van der Waals surface area contributed by atoms with Crippen LogP contribution in [0.5, 0.6) is 0 Å². The van der Waals surface area contributed by atoms with Crippen LogP contribution in [0, 0.1) is 0 Å². The molecule has 0 saturated carbocycles. The van der Waals surface area contributed by atoms with Crippen molar-refractivity contribution in [1.29, 1.82) is 0 Å². The van der Waals surface area contributed by atoms with E-state index in [9.17, 15) is 9.59 Å². The maximum Gasteiger partial charge on any atom is 0.274 e. The fourth-order valence-electron chi connectivity index (χ4n) is 2.77. The quantitative estimate of drug-likeness (QED) is 0.543. The van der Waals surface area contributed by atoms with Crippen LogP contribution in [0.15, 0.2) is 59.5 Å². The number of hydrogen-bond acceptors (Lipinski definition) is 3. The summed E-state index contributed by atoms with van der Waals surface area (Å²) >= 11 is 5.87. The Kier molecular flexibility index (Phi) is 5.16. The van der Waals surface area contributed by atoms with E-state index in [1.165, 1.54) is 11.6 Å². The molecule has 0 atom stereocenters. The van der Waals surface area contributed by atoms with Crippen molar-refractivity contribution < 1.29 is 10.0 Å². The Hall–Kier alpha value is -2.63. The summed E-state index contributed by atoms with van der Waals surface area (Å²) in [6.45, 7) is 0.577. The molecule has 0 aliphatic heterocycles. The van der Waals surface area contributed by atoms with E-state index in [1.807, 2.05) is 30.3 Å². The van der Waals surface area contributed by atoms with E-state index in [0.29, 0.717) is 17.0 Å². The molecule has 2 aromatic carbocycles. The highest BCUT2D eigenvalue weighted by atomic mass is 35.5. The van der Waals surface area contributed by atoms with Crippen LogP contribution in [-0.2, 0) is 13.0 Å². The second-order valence-corrected chi connectivity index (χ2v) is 6.22. The van der Waals surface area contributed by atoms with Gasteiger partial charge in [-0.05, 0) is 54.1 Å². The molecule has 0 aliphatic carbocycles. The van der Waals surface area contributed by atoms with Crippen LogP contribution in [0.2, 0.25) is 5.02 Å². The first-order valence-electron chi connectivity index (χ1n) is 7.90.